The van der Waals surface area contributed by atoms with E-state index in [0.717, 1.165) is 11.1 Å². The number of aliphatic imine (C=N–C) groups is 1. The fourth-order valence-electron chi connectivity index (χ4n) is 1.17. The third-order valence-electron chi connectivity index (χ3n) is 1.79. The maximum atomic E-state index is 4.06. The summed E-state index contributed by atoms with van der Waals surface area (Å²) >= 11 is 0. The number of hydrogen-bond donors (Lipinski definition) is 1. The molecule has 0 aromatic carbocycles. The van der Waals surface area contributed by atoms with Crippen LogP contribution >= 0.6 is 0 Å². The van der Waals surface area contributed by atoms with Crippen LogP contribution in [-0.4, -0.2) is 26.7 Å². The van der Waals surface area contributed by atoms with Gasteiger partial charge in [-0.3, -0.25) is 9.78 Å². The van der Waals surface area contributed by atoms with Crippen molar-refractivity contribution in [2.75, 3.05) is 0 Å². The van der Waals surface area contributed by atoms with E-state index in [1.807, 2.05) is 13.2 Å². The topological polar surface area (TPSA) is 58.9 Å². The summed E-state index contributed by atoms with van der Waals surface area (Å²) in [4.78, 5) is 3.81. The maximum Gasteiger partial charge on any atom is 0.155 e. The van der Waals surface area contributed by atoms with Crippen LogP contribution in [0.25, 0.3) is 11.1 Å². The summed E-state index contributed by atoms with van der Waals surface area (Å²) in [5.41, 5.74) is 1.90. The van der Waals surface area contributed by atoms with Gasteiger partial charge in [-0.2, -0.15) is 10.2 Å². The van der Waals surface area contributed by atoms with Gasteiger partial charge in [0, 0.05) is 24.4 Å². The van der Waals surface area contributed by atoms with Crippen LogP contribution in [0, 0.1) is 0 Å². The molecule has 66 valence electrons. The van der Waals surface area contributed by atoms with Gasteiger partial charge in [0.2, 0.25) is 0 Å². The van der Waals surface area contributed by atoms with Crippen LogP contribution in [0.2, 0.25) is 0 Å². The Balaban J connectivity index is 2.51. The first-order valence-corrected chi connectivity index (χ1v) is 3.80. The highest BCUT2D eigenvalue weighted by molar-refractivity contribution is 5.72. The highest BCUT2D eigenvalue weighted by Gasteiger charge is 2.06. The molecule has 5 heteroatoms. The highest BCUT2D eigenvalue weighted by Crippen LogP contribution is 2.26. The summed E-state index contributed by atoms with van der Waals surface area (Å²) in [7, 11) is 1.87. The van der Waals surface area contributed by atoms with Crippen LogP contribution in [0.5, 0.6) is 0 Å². The number of H-pyrrole nitrogens is 1. The summed E-state index contributed by atoms with van der Waals surface area (Å²) in [6.45, 7) is 3.45. The lowest BCUT2D eigenvalue weighted by Gasteiger charge is -1.91. The van der Waals surface area contributed by atoms with E-state index in [2.05, 4.69) is 27.0 Å². The normalized spacial score (nSPS) is 10.2. The molecule has 0 saturated heterocycles. The Hall–Kier alpha value is -1.91. The van der Waals surface area contributed by atoms with Crippen molar-refractivity contribution in [3.05, 3.63) is 18.6 Å². The zero-order valence-corrected chi connectivity index (χ0v) is 7.23. The number of nitrogens with one attached hydrogen (secondary N) is 1. The van der Waals surface area contributed by atoms with E-state index in [9.17, 15) is 0 Å². The molecule has 0 amide bonds. The third kappa shape index (κ3) is 1.24. The molecule has 0 bridgehead atoms. The molecule has 2 aromatic rings. The van der Waals surface area contributed by atoms with E-state index >= 15 is 0 Å². The quantitative estimate of drug-likeness (QED) is 0.696. The molecule has 0 atom stereocenters. The minimum Gasteiger partial charge on any atom is -0.275 e. The molecule has 0 radical (unpaired) electrons. The van der Waals surface area contributed by atoms with E-state index < -0.39 is 0 Å². The Morgan fingerprint density at radius 2 is 2.38 bits per heavy atom. The van der Waals surface area contributed by atoms with Crippen LogP contribution in [0.4, 0.5) is 5.82 Å². The molecular formula is C8H9N5. The predicted molar refractivity (Wildman–Crippen MR) is 50.0 cm³/mol. The minimum atomic E-state index is 0.674. The fraction of sp³-hybridized carbons (Fsp3) is 0.125. The van der Waals surface area contributed by atoms with E-state index in [0.29, 0.717) is 5.82 Å². The molecule has 2 heterocycles. The molecule has 0 aliphatic heterocycles. The number of aromatic amines is 1. The van der Waals surface area contributed by atoms with Gasteiger partial charge in [0.1, 0.15) is 0 Å². The Labute approximate surface area is 75.1 Å². The summed E-state index contributed by atoms with van der Waals surface area (Å²) in [5, 5.41) is 10.7. The smallest absolute Gasteiger partial charge is 0.155 e. The standard InChI is InChI=1S/C8H9N5/c1-9-8-7(4-10-12-8)6-3-11-13(2)5-6/h3-5H,1H2,2H3,(H,10,12). The monoisotopic (exact) mass is 175 g/mol. The van der Waals surface area contributed by atoms with Crippen molar-refractivity contribution in [1.82, 2.24) is 20.0 Å². The summed E-state index contributed by atoms with van der Waals surface area (Å²) in [6.07, 6.45) is 5.38. The third-order valence-corrected chi connectivity index (χ3v) is 1.79. The second-order valence-corrected chi connectivity index (χ2v) is 2.69. The van der Waals surface area contributed by atoms with Gasteiger partial charge in [0.05, 0.1) is 12.4 Å². The lowest BCUT2D eigenvalue weighted by Crippen LogP contribution is -1.83. The molecule has 0 fully saturated rings. The van der Waals surface area contributed by atoms with E-state index in [1.165, 1.54) is 0 Å². The fourth-order valence-corrected chi connectivity index (χ4v) is 1.17. The van der Waals surface area contributed by atoms with Crippen molar-refractivity contribution in [2.24, 2.45) is 12.0 Å². The largest absolute Gasteiger partial charge is 0.275 e. The molecule has 0 aliphatic rings. The zero-order chi connectivity index (χ0) is 9.26. The van der Waals surface area contributed by atoms with Gasteiger partial charge in [-0.15, -0.1) is 0 Å². The Morgan fingerprint density at radius 3 is 3.00 bits per heavy atom. The van der Waals surface area contributed by atoms with E-state index in [1.54, 1.807) is 17.1 Å². The van der Waals surface area contributed by atoms with Crippen LogP contribution in [0.3, 0.4) is 0 Å². The molecule has 0 saturated carbocycles. The lowest BCUT2D eigenvalue weighted by atomic mass is 10.2. The van der Waals surface area contributed by atoms with Crippen molar-refractivity contribution >= 4 is 12.5 Å². The second-order valence-electron chi connectivity index (χ2n) is 2.69. The number of nitrogens with zero attached hydrogens (tertiary/aromatic N) is 4. The molecule has 5 nitrogen and oxygen atoms in total. The van der Waals surface area contributed by atoms with Crippen molar-refractivity contribution in [2.45, 2.75) is 0 Å². The number of hydrogen-bond acceptors (Lipinski definition) is 3. The van der Waals surface area contributed by atoms with Crippen molar-refractivity contribution in [3.8, 4) is 11.1 Å². The molecule has 13 heavy (non-hydrogen) atoms. The molecule has 2 rings (SSSR count). The van der Waals surface area contributed by atoms with E-state index in [-0.39, 0.29) is 0 Å². The van der Waals surface area contributed by atoms with Gasteiger partial charge in [-0.1, -0.05) is 0 Å². The zero-order valence-electron chi connectivity index (χ0n) is 7.23. The number of aryl methyl sites for hydroxylation is 1. The van der Waals surface area contributed by atoms with E-state index in [4.69, 9.17) is 0 Å². The number of rotatable bonds is 2. The second kappa shape index (κ2) is 2.85. The summed E-state index contributed by atoms with van der Waals surface area (Å²) in [5.74, 6) is 0.674. The van der Waals surface area contributed by atoms with Crippen LogP contribution < -0.4 is 0 Å². The van der Waals surface area contributed by atoms with Crippen molar-refractivity contribution in [3.63, 3.8) is 0 Å². The Kier molecular flexibility index (Phi) is 1.70. The predicted octanol–water partition coefficient (Wildman–Crippen LogP) is 1.14. The van der Waals surface area contributed by atoms with Crippen LogP contribution in [0.1, 0.15) is 0 Å². The van der Waals surface area contributed by atoms with Gasteiger partial charge >= 0.3 is 0 Å². The Bertz CT molecular complexity index is 425. The molecular weight excluding hydrogens is 166 g/mol. The van der Waals surface area contributed by atoms with Gasteiger partial charge in [-0.25, -0.2) is 4.99 Å². The highest BCUT2D eigenvalue weighted by atomic mass is 15.2. The molecule has 0 spiro atoms. The average molecular weight is 175 g/mol. The van der Waals surface area contributed by atoms with Crippen molar-refractivity contribution in [1.29, 1.82) is 0 Å². The summed E-state index contributed by atoms with van der Waals surface area (Å²) < 4.78 is 1.73. The molecule has 1 N–H and O–H groups in total. The van der Waals surface area contributed by atoms with Gasteiger partial charge < -0.3 is 0 Å². The molecule has 0 unspecified atom stereocenters. The number of aromatic nitrogens is 4. The van der Waals surface area contributed by atoms with Crippen molar-refractivity contribution < 1.29 is 0 Å². The molecule has 0 aliphatic carbocycles. The van der Waals surface area contributed by atoms with Crippen LogP contribution in [-0.2, 0) is 7.05 Å². The van der Waals surface area contributed by atoms with Crippen LogP contribution in [0.15, 0.2) is 23.6 Å². The average Bonchev–Trinajstić information content (AvgIpc) is 2.71. The molecule has 2 aromatic heterocycles. The SMILES string of the molecule is C=Nc1[nH]ncc1-c1cnn(C)c1. The first-order chi connectivity index (χ1) is 6.31. The first kappa shape index (κ1) is 7.72. The van der Waals surface area contributed by atoms with Gasteiger partial charge in [-0.05, 0) is 6.72 Å². The lowest BCUT2D eigenvalue weighted by molar-refractivity contribution is 0.768. The summed E-state index contributed by atoms with van der Waals surface area (Å²) in [6, 6.07) is 0. The minimum absolute atomic E-state index is 0.674. The van der Waals surface area contributed by atoms with Gasteiger partial charge in [0.15, 0.2) is 5.82 Å². The maximum absolute atomic E-state index is 4.06. The Morgan fingerprint density at radius 1 is 1.54 bits per heavy atom. The van der Waals surface area contributed by atoms with Gasteiger partial charge in [0.25, 0.3) is 0 Å². The first-order valence-electron chi connectivity index (χ1n) is 3.80.